The summed E-state index contributed by atoms with van der Waals surface area (Å²) in [7, 11) is -2.09. The zero-order valence-corrected chi connectivity index (χ0v) is 18.6. The number of carbonyl (C=O) groups excluding carboxylic acids is 2. The van der Waals surface area contributed by atoms with Crippen molar-refractivity contribution >= 4 is 45.7 Å². The van der Waals surface area contributed by atoms with Crippen molar-refractivity contribution in [2.75, 3.05) is 23.0 Å². The van der Waals surface area contributed by atoms with Crippen LogP contribution in [0.3, 0.4) is 0 Å². The molecule has 2 aromatic rings. The van der Waals surface area contributed by atoms with Crippen LogP contribution in [0.5, 0.6) is 0 Å². The van der Waals surface area contributed by atoms with Crippen molar-refractivity contribution in [1.29, 1.82) is 0 Å². The summed E-state index contributed by atoms with van der Waals surface area (Å²) in [5.41, 5.74) is 0.235. The first-order chi connectivity index (χ1) is 15.0. The van der Waals surface area contributed by atoms with Crippen molar-refractivity contribution in [1.82, 2.24) is 14.8 Å². The molecule has 0 aliphatic heterocycles. The highest BCUT2D eigenvalue weighted by atomic mass is 35.5. The number of rotatable bonds is 9. The molecule has 0 radical (unpaired) electrons. The Morgan fingerprint density at radius 1 is 1.38 bits per heavy atom. The highest BCUT2D eigenvalue weighted by molar-refractivity contribution is 7.85. The van der Waals surface area contributed by atoms with Crippen LogP contribution < -0.4 is 4.90 Å². The minimum Gasteiger partial charge on any atom is -0.318 e. The van der Waals surface area contributed by atoms with E-state index in [1.165, 1.54) is 17.1 Å². The molecule has 0 N–H and O–H groups in total. The predicted molar refractivity (Wildman–Crippen MR) is 112 cm³/mol. The first-order valence-electron chi connectivity index (χ1n) is 9.15. The van der Waals surface area contributed by atoms with Crippen molar-refractivity contribution in [3.63, 3.8) is 0 Å². The van der Waals surface area contributed by atoms with E-state index in [1.54, 1.807) is 25.3 Å². The lowest BCUT2D eigenvalue weighted by Gasteiger charge is -2.20. The Morgan fingerprint density at radius 3 is 2.66 bits per heavy atom. The molecule has 14 heteroatoms. The number of aromatic nitrogens is 3. The number of nitrogens with zero attached hydrogens (tertiary/aromatic N) is 5. The average molecular weight is 494 g/mol. The van der Waals surface area contributed by atoms with E-state index in [2.05, 4.69) is 20.1 Å². The van der Waals surface area contributed by atoms with Gasteiger partial charge in [-0.05, 0) is 19.1 Å². The highest BCUT2D eigenvalue weighted by Crippen LogP contribution is 2.26. The summed E-state index contributed by atoms with van der Waals surface area (Å²) in [4.78, 5) is 33.8. The molecule has 0 saturated heterocycles. The van der Waals surface area contributed by atoms with Crippen LogP contribution in [0, 0.1) is 0 Å². The van der Waals surface area contributed by atoms with Gasteiger partial charge in [-0.25, -0.2) is 9.48 Å². The quantitative estimate of drug-likeness (QED) is 0.302. The molecule has 0 aliphatic rings. The second-order valence-corrected chi connectivity index (χ2v) is 8.22. The molecular weight excluding hydrogens is 475 g/mol. The van der Waals surface area contributed by atoms with E-state index < -0.39 is 52.5 Å². The summed E-state index contributed by atoms with van der Waals surface area (Å²) in [6.45, 7) is 2.70. The zero-order chi connectivity index (χ0) is 23.9. The SMILES string of the molecule is CCN(C(=O)/C(CS(=O)CCC(F)(F)F)=N\OC(C)=O)c1cn(-c2cccnc2)nc1Cl. The molecule has 0 bridgehead atoms. The molecule has 0 fully saturated rings. The molecule has 0 spiro atoms. The molecule has 1 unspecified atom stereocenters. The monoisotopic (exact) mass is 493 g/mol. The van der Waals surface area contributed by atoms with Gasteiger partial charge in [0.2, 0.25) is 0 Å². The Hall–Kier alpha value is -2.80. The number of hydrogen-bond donors (Lipinski definition) is 0. The van der Waals surface area contributed by atoms with Gasteiger partial charge in [-0.1, -0.05) is 16.8 Å². The van der Waals surface area contributed by atoms with E-state index in [9.17, 15) is 27.0 Å². The fourth-order valence-corrected chi connectivity index (χ4v) is 3.74. The van der Waals surface area contributed by atoms with Crippen LogP contribution in [0.4, 0.5) is 18.9 Å². The molecule has 1 atom stereocenters. The Balaban J connectivity index is 2.30. The van der Waals surface area contributed by atoms with Gasteiger partial charge in [-0.2, -0.15) is 18.3 Å². The van der Waals surface area contributed by atoms with Gasteiger partial charge in [0.25, 0.3) is 5.91 Å². The zero-order valence-electron chi connectivity index (χ0n) is 17.0. The summed E-state index contributed by atoms with van der Waals surface area (Å²) in [6, 6.07) is 3.38. The van der Waals surface area contributed by atoms with E-state index in [0.29, 0.717) is 5.69 Å². The first-order valence-corrected chi connectivity index (χ1v) is 11.0. The Bertz CT molecular complexity index is 1010. The molecular formula is C18H19ClF3N5O4S. The van der Waals surface area contributed by atoms with Crippen LogP contribution in [0.25, 0.3) is 5.69 Å². The normalized spacial score (nSPS) is 13.0. The lowest BCUT2D eigenvalue weighted by atomic mass is 10.3. The fourth-order valence-electron chi connectivity index (χ4n) is 2.43. The predicted octanol–water partition coefficient (Wildman–Crippen LogP) is 2.89. The van der Waals surface area contributed by atoms with Crippen molar-refractivity contribution in [2.24, 2.45) is 5.16 Å². The summed E-state index contributed by atoms with van der Waals surface area (Å²) in [5.74, 6) is -3.09. The number of pyridine rings is 1. The summed E-state index contributed by atoms with van der Waals surface area (Å²) in [6.07, 6.45) is -1.27. The number of anilines is 1. The molecule has 1 amide bonds. The van der Waals surface area contributed by atoms with Gasteiger partial charge in [0.05, 0.1) is 30.3 Å². The molecule has 32 heavy (non-hydrogen) atoms. The summed E-state index contributed by atoms with van der Waals surface area (Å²) < 4.78 is 50.8. The Labute approximate surface area is 188 Å². The number of carbonyl (C=O) groups is 2. The van der Waals surface area contributed by atoms with Crippen molar-refractivity contribution in [3.8, 4) is 5.69 Å². The van der Waals surface area contributed by atoms with E-state index in [0.717, 1.165) is 11.8 Å². The molecule has 2 heterocycles. The average Bonchev–Trinajstić information content (AvgIpc) is 3.11. The lowest BCUT2D eigenvalue weighted by Crippen LogP contribution is -2.39. The largest absolute Gasteiger partial charge is 0.390 e. The topological polar surface area (TPSA) is 107 Å². The van der Waals surface area contributed by atoms with Gasteiger partial charge in [0.1, 0.15) is 5.69 Å². The van der Waals surface area contributed by atoms with Crippen LogP contribution in [-0.4, -0.2) is 60.8 Å². The van der Waals surface area contributed by atoms with Crippen LogP contribution in [-0.2, 0) is 25.2 Å². The highest BCUT2D eigenvalue weighted by Gasteiger charge is 2.30. The molecule has 174 valence electrons. The number of alkyl halides is 3. The van der Waals surface area contributed by atoms with Gasteiger partial charge >= 0.3 is 12.1 Å². The maximum atomic E-state index is 13.1. The minimum atomic E-state index is -4.50. The third kappa shape index (κ3) is 7.41. The third-order valence-corrected chi connectivity index (χ3v) is 5.38. The first kappa shape index (κ1) is 25.5. The van der Waals surface area contributed by atoms with Crippen LogP contribution in [0.15, 0.2) is 35.9 Å². The summed E-state index contributed by atoms with van der Waals surface area (Å²) >= 11 is 6.19. The standard InChI is InChI=1S/C18H19ClF3N5O4S/c1-3-26(15-10-27(24-16(15)19)13-5-4-7-23-9-13)17(29)14(25-31-12(2)28)11-32(30)8-6-18(20,21)22/h4-5,7,9-10H,3,6,8,11H2,1-2H3/b25-14-. The van der Waals surface area contributed by atoms with Crippen LogP contribution >= 0.6 is 11.6 Å². The summed E-state index contributed by atoms with van der Waals surface area (Å²) in [5, 5.41) is 7.49. The van der Waals surface area contributed by atoms with E-state index in [-0.39, 0.29) is 17.4 Å². The maximum Gasteiger partial charge on any atom is 0.390 e. The number of halogens is 4. The third-order valence-electron chi connectivity index (χ3n) is 3.86. The molecule has 0 aromatic carbocycles. The maximum absolute atomic E-state index is 13.1. The Kier molecular flexibility index (Phi) is 8.89. The second kappa shape index (κ2) is 11.2. The smallest absolute Gasteiger partial charge is 0.318 e. The number of hydrogen-bond acceptors (Lipinski definition) is 7. The van der Waals surface area contributed by atoms with E-state index >= 15 is 0 Å². The van der Waals surface area contributed by atoms with Crippen molar-refractivity contribution in [2.45, 2.75) is 26.4 Å². The van der Waals surface area contributed by atoms with Crippen LogP contribution in [0.2, 0.25) is 5.15 Å². The molecule has 0 saturated carbocycles. The molecule has 2 aromatic heterocycles. The molecule has 0 aliphatic carbocycles. The second-order valence-electron chi connectivity index (χ2n) is 6.28. The van der Waals surface area contributed by atoms with Crippen molar-refractivity contribution < 1.29 is 31.8 Å². The van der Waals surface area contributed by atoms with Gasteiger partial charge < -0.3 is 9.74 Å². The van der Waals surface area contributed by atoms with Crippen molar-refractivity contribution in [3.05, 3.63) is 35.9 Å². The fraction of sp³-hybridized carbons (Fsp3) is 0.389. The van der Waals surface area contributed by atoms with Gasteiger partial charge in [0.15, 0.2) is 10.9 Å². The number of amides is 1. The lowest BCUT2D eigenvalue weighted by molar-refractivity contribution is -0.141. The molecule has 2 rings (SSSR count). The van der Waals surface area contributed by atoms with Gasteiger partial charge in [0, 0.05) is 36.2 Å². The minimum absolute atomic E-state index is 0.0471. The molecule has 9 nitrogen and oxygen atoms in total. The number of oxime groups is 1. The van der Waals surface area contributed by atoms with Gasteiger partial charge in [-0.3, -0.25) is 14.0 Å². The van der Waals surface area contributed by atoms with E-state index in [1.807, 2.05) is 0 Å². The van der Waals surface area contributed by atoms with Gasteiger partial charge in [-0.15, -0.1) is 0 Å². The Morgan fingerprint density at radius 2 is 2.09 bits per heavy atom. The van der Waals surface area contributed by atoms with Crippen LogP contribution in [0.1, 0.15) is 20.3 Å². The van der Waals surface area contributed by atoms with E-state index in [4.69, 9.17) is 11.6 Å².